The summed E-state index contributed by atoms with van der Waals surface area (Å²) in [6, 6.07) is 8.22. The number of hydrogen-bond acceptors (Lipinski definition) is 4. The van der Waals surface area contributed by atoms with Gasteiger partial charge in [0, 0.05) is 0 Å². The van der Waals surface area contributed by atoms with Gasteiger partial charge in [0.25, 0.3) is 5.91 Å². The van der Waals surface area contributed by atoms with Crippen LogP contribution in [0.4, 0.5) is 0 Å². The molecule has 0 spiro atoms. The Bertz CT molecular complexity index is 658. The lowest BCUT2D eigenvalue weighted by atomic mass is 10.0. The van der Waals surface area contributed by atoms with E-state index in [9.17, 15) is 15.0 Å². The first kappa shape index (κ1) is 15.1. The molecule has 5 heteroatoms. The Morgan fingerprint density at radius 3 is 2.57 bits per heavy atom. The number of benzene rings is 1. The van der Waals surface area contributed by atoms with Crippen LogP contribution in [-0.2, 0) is 5.60 Å². The summed E-state index contributed by atoms with van der Waals surface area (Å²) in [5, 5.41) is 22.7. The van der Waals surface area contributed by atoms with E-state index in [-0.39, 0.29) is 17.9 Å². The van der Waals surface area contributed by atoms with Gasteiger partial charge in [-0.2, -0.15) is 0 Å². The predicted molar refractivity (Wildman–Crippen MR) is 78.2 cm³/mol. The Hall–Kier alpha value is -2.27. The van der Waals surface area contributed by atoms with E-state index in [1.165, 1.54) is 6.07 Å². The first-order valence-electron chi connectivity index (χ1n) is 6.67. The molecule has 112 valence electrons. The van der Waals surface area contributed by atoms with Gasteiger partial charge in [0.05, 0.1) is 12.1 Å². The summed E-state index contributed by atoms with van der Waals surface area (Å²) in [4.78, 5) is 12.0. The molecule has 1 atom stereocenters. The molecule has 2 rings (SSSR count). The third-order valence-corrected chi connectivity index (χ3v) is 3.26. The highest BCUT2D eigenvalue weighted by atomic mass is 16.4. The topological polar surface area (TPSA) is 82.7 Å². The molecule has 0 aliphatic heterocycles. The van der Waals surface area contributed by atoms with Crippen LogP contribution in [0.1, 0.15) is 34.4 Å². The van der Waals surface area contributed by atoms with Gasteiger partial charge in [-0.05, 0) is 50.6 Å². The second kappa shape index (κ2) is 5.61. The molecule has 1 aromatic carbocycles. The number of carbonyl (C=O) groups is 1. The molecule has 0 saturated carbocycles. The summed E-state index contributed by atoms with van der Waals surface area (Å²) in [5.74, 6) is 0.540. The second-order valence-electron chi connectivity index (χ2n) is 5.39. The molecule has 1 aromatic heterocycles. The van der Waals surface area contributed by atoms with Gasteiger partial charge >= 0.3 is 0 Å². The first-order chi connectivity index (χ1) is 9.79. The zero-order chi connectivity index (χ0) is 15.6. The molecule has 0 saturated heterocycles. The average Bonchev–Trinajstić information content (AvgIpc) is 2.84. The highest BCUT2D eigenvalue weighted by molar-refractivity contribution is 5.96. The van der Waals surface area contributed by atoms with E-state index in [0.29, 0.717) is 11.5 Å². The van der Waals surface area contributed by atoms with Crippen molar-refractivity contribution in [1.82, 2.24) is 5.32 Å². The Balaban J connectivity index is 2.06. The second-order valence-corrected chi connectivity index (χ2v) is 5.39. The van der Waals surface area contributed by atoms with Crippen molar-refractivity contribution in [3.05, 3.63) is 53.0 Å². The highest BCUT2D eigenvalue weighted by Crippen LogP contribution is 2.23. The lowest BCUT2D eigenvalue weighted by molar-refractivity contribution is 0.0323. The fourth-order valence-corrected chi connectivity index (χ4v) is 1.99. The average molecular weight is 289 g/mol. The highest BCUT2D eigenvalue weighted by Gasteiger charge is 2.27. The summed E-state index contributed by atoms with van der Waals surface area (Å²) in [6.07, 6.45) is 0. The van der Waals surface area contributed by atoms with Crippen LogP contribution in [0.2, 0.25) is 0 Å². The molecular formula is C16H19NO4. The SMILES string of the molecule is Cc1ccc(C(=O)NCC(C)(O)c2ccc(C)o2)c(O)c1. The molecule has 0 aliphatic carbocycles. The lowest BCUT2D eigenvalue weighted by Gasteiger charge is -2.21. The lowest BCUT2D eigenvalue weighted by Crippen LogP contribution is -2.38. The van der Waals surface area contributed by atoms with Crippen molar-refractivity contribution in [1.29, 1.82) is 0 Å². The third kappa shape index (κ3) is 3.44. The molecule has 0 bridgehead atoms. The van der Waals surface area contributed by atoms with Crippen molar-refractivity contribution in [2.24, 2.45) is 0 Å². The molecule has 3 N–H and O–H groups in total. The largest absolute Gasteiger partial charge is 0.507 e. The monoisotopic (exact) mass is 289 g/mol. The van der Waals surface area contributed by atoms with E-state index in [1.54, 1.807) is 38.1 Å². The quantitative estimate of drug-likeness (QED) is 0.806. The number of phenols is 1. The van der Waals surface area contributed by atoms with E-state index in [4.69, 9.17) is 4.42 Å². The Labute approximate surface area is 123 Å². The number of phenolic OH excluding ortho intramolecular Hbond substituents is 1. The minimum Gasteiger partial charge on any atom is -0.507 e. The molecular weight excluding hydrogens is 270 g/mol. The molecule has 1 unspecified atom stereocenters. The van der Waals surface area contributed by atoms with Gasteiger partial charge in [-0.15, -0.1) is 0 Å². The molecule has 21 heavy (non-hydrogen) atoms. The number of aliphatic hydroxyl groups is 1. The minimum absolute atomic E-state index is 0.0217. The van der Waals surface area contributed by atoms with Crippen molar-refractivity contribution >= 4 is 5.91 Å². The number of hydrogen-bond donors (Lipinski definition) is 3. The van der Waals surface area contributed by atoms with E-state index < -0.39 is 11.5 Å². The van der Waals surface area contributed by atoms with Gasteiger partial charge in [-0.25, -0.2) is 0 Å². The van der Waals surface area contributed by atoms with E-state index in [0.717, 1.165) is 5.56 Å². The van der Waals surface area contributed by atoms with Crippen LogP contribution in [0.5, 0.6) is 5.75 Å². The van der Waals surface area contributed by atoms with Gasteiger partial charge in [0.2, 0.25) is 0 Å². The van der Waals surface area contributed by atoms with Gasteiger partial charge in [0.1, 0.15) is 22.9 Å². The molecule has 0 radical (unpaired) electrons. The number of nitrogens with one attached hydrogen (secondary N) is 1. The normalized spacial score (nSPS) is 13.7. The smallest absolute Gasteiger partial charge is 0.255 e. The molecule has 2 aromatic rings. The van der Waals surface area contributed by atoms with Crippen LogP contribution in [0.3, 0.4) is 0 Å². The maximum atomic E-state index is 12.0. The number of rotatable bonds is 4. The maximum Gasteiger partial charge on any atom is 0.255 e. The number of aryl methyl sites for hydroxylation is 2. The minimum atomic E-state index is -1.32. The summed E-state index contributed by atoms with van der Waals surface area (Å²) in [5.41, 5.74) is -0.279. The van der Waals surface area contributed by atoms with Crippen LogP contribution in [0.15, 0.2) is 34.7 Å². The number of amides is 1. The van der Waals surface area contributed by atoms with Gasteiger partial charge < -0.3 is 19.9 Å². The van der Waals surface area contributed by atoms with E-state index in [2.05, 4.69) is 5.32 Å². The van der Waals surface area contributed by atoms with Crippen molar-refractivity contribution in [2.45, 2.75) is 26.4 Å². The van der Waals surface area contributed by atoms with Gasteiger partial charge in [-0.1, -0.05) is 6.07 Å². The fraction of sp³-hybridized carbons (Fsp3) is 0.312. The van der Waals surface area contributed by atoms with Crippen LogP contribution < -0.4 is 5.32 Å². The maximum absolute atomic E-state index is 12.0. The Morgan fingerprint density at radius 1 is 1.29 bits per heavy atom. The Morgan fingerprint density at radius 2 is 2.00 bits per heavy atom. The summed E-state index contributed by atoms with van der Waals surface area (Å²) in [7, 11) is 0. The van der Waals surface area contributed by atoms with E-state index in [1.807, 2.05) is 6.92 Å². The molecule has 1 amide bonds. The van der Waals surface area contributed by atoms with Crippen LogP contribution >= 0.6 is 0 Å². The molecule has 0 aliphatic rings. The predicted octanol–water partition coefficient (Wildman–Crippen LogP) is 2.24. The van der Waals surface area contributed by atoms with Gasteiger partial charge in [-0.3, -0.25) is 4.79 Å². The molecule has 5 nitrogen and oxygen atoms in total. The Kier molecular flexibility index (Phi) is 4.04. The van der Waals surface area contributed by atoms with Crippen molar-refractivity contribution in [3.8, 4) is 5.75 Å². The van der Waals surface area contributed by atoms with Crippen LogP contribution in [0, 0.1) is 13.8 Å². The fourth-order valence-electron chi connectivity index (χ4n) is 1.99. The zero-order valence-corrected chi connectivity index (χ0v) is 12.3. The summed E-state index contributed by atoms with van der Waals surface area (Å²) < 4.78 is 5.38. The number of furan rings is 1. The first-order valence-corrected chi connectivity index (χ1v) is 6.67. The molecule has 1 heterocycles. The molecule has 0 fully saturated rings. The number of aromatic hydroxyl groups is 1. The van der Waals surface area contributed by atoms with Crippen LogP contribution in [0.25, 0.3) is 0 Å². The van der Waals surface area contributed by atoms with Crippen molar-refractivity contribution < 1.29 is 19.4 Å². The zero-order valence-electron chi connectivity index (χ0n) is 12.3. The van der Waals surface area contributed by atoms with Crippen molar-refractivity contribution in [3.63, 3.8) is 0 Å². The number of carbonyl (C=O) groups excluding carboxylic acids is 1. The van der Waals surface area contributed by atoms with Gasteiger partial charge in [0.15, 0.2) is 0 Å². The standard InChI is InChI=1S/C16H19NO4/c1-10-4-6-12(13(18)8-10)15(19)17-9-16(3,20)14-7-5-11(2)21-14/h4-8,18,20H,9H2,1-3H3,(H,17,19). The third-order valence-electron chi connectivity index (χ3n) is 3.26. The van der Waals surface area contributed by atoms with Crippen LogP contribution in [-0.4, -0.2) is 22.7 Å². The van der Waals surface area contributed by atoms with E-state index >= 15 is 0 Å². The summed E-state index contributed by atoms with van der Waals surface area (Å²) in [6.45, 7) is 5.14. The van der Waals surface area contributed by atoms with Crippen molar-refractivity contribution in [2.75, 3.05) is 6.54 Å². The summed E-state index contributed by atoms with van der Waals surface area (Å²) >= 11 is 0.